The monoisotopic (exact) mass is 560 g/mol. The molecule has 0 spiro atoms. The number of hydrogen-bond acceptors (Lipinski definition) is 5. The van der Waals surface area contributed by atoms with Crippen molar-refractivity contribution >= 4 is 51.7 Å². The number of fused-ring (bicyclic) bond motifs is 1. The lowest BCUT2D eigenvalue weighted by molar-refractivity contribution is -0.114. The molecule has 0 aliphatic heterocycles. The molecule has 0 aliphatic rings. The minimum absolute atomic E-state index is 0.0521. The standard InChI is InChI=1S/C30H26Cl2N4O3/c1-15-23(14-33-36-15)18-8-11-20(24(32)12-18)25-21(17-6-9-19(31)10-7-17)13-22-26(34-16(2)37)27(39-29(22)35-25)28(38)30(3,4)5/h6-14H,1-5H3,(H,33,36)(H,34,37). The lowest BCUT2D eigenvalue weighted by atomic mass is 9.88. The summed E-state index contributed by atoms with van der Waals surface area (Å²) in [6.07, 6.45) is 1.82. The Kier molecular flexibility index (Phi) is 6.83. The SMILES string of the molecule is CC(=O)Nc1c(C(=O)C(C)(C)C)oc2nc(-c3ccc(-c4c[nH]nc4C)cc3Cl)c(-c3ccc(Cl)cc3)cc12. The molecule has 39 heavy (non-hydrogen) atoms. The van der Waals surface area contributed by atoms with Crippen molar-refractivity contribution in [3.8, 4) is 33.5 Å². The summed E-state index contributed by atoms with van der Waals surface area (Å²) in [7, 11) is 0. The molecule has 5 rings (SSSR count). The van der Waals surface area contributed by atoms with Crippen LogP contribution in [0.5, 0.6) is 0 Å². The summed E-state index contributed by atoms with van der Waals surface area (Å²) < 4.78 is 6.05. The fourth-order valence-electron chi connectivity index (χ4n) is 4.40. The molecule has 0 aliphatic carbocycles. The van der Waals surface area contributed by atoms with Gasteiger partial charge >= 0.3 is 0 Å². The molecule has 0 bridgehead atoms. The number of hydrogen-bond donors (Lipinski definition) is 2. The number of nitrogens with one attached hydrogen (secondary N) is 2. The van der Waals surface area contributed by atoms with Gasteiger partial charge in [0.2, 0.25) is 17.4 Å². The highest BCUT2D eigenvalue weighted by molar-refractivity contribution is 6.34. The molecular weight excluding hydrogens is 535 g/mol. The van der Waals surface area contributed by atoms with Crippen LogP contribution in [-0.4, -0.2) is 26.9 Å². The summed E-state index contributed by atoms with van der Waals surface area (Å²) in [5, 5.41) is 11.4. The molecule has 2 N–H and O–H groups in total. The third kappa shape index (κ3) is 5.07. The van der Waals surface area contributed by atoms with E-state index in [9.17, 15) is 9.59 Å². The molecule has 9 heteroatoms. The van der Waals surface area contributed by atoms with Crippen molar-refractivity contribution in [3.05, 3.63) is 76.2 Å². The first-order chi connectivity index (χ1) is 18.4. The number of ketones is 1. The predicted octanol–water partition coefficient (Wildman–Crippen LogP) is 8.35. The number of benzene rings is 2. The first-order valence-electron chi connectivity index (χ1n) is 12.3. The maximum atomic E-state index is 13.3. The van der Waals surface area contributed by atoms with E-state index >= 15 is 0 Å². The van der Waals surface area contributed by atoms with E-state index in [1.807, 2.05) is 49.5 Å². The average Bonchev–Trinajstić information content (AvgIpc) is 3.45. The zero-order chi connectivity index (χ0) is 28.1. The normalized spacial score (nSPS) is 11.7. The highest BCUT2D eigenvalue weighted by Crippen LogP contribution is 2.42. The van der Waals surface area contributed by atoms with Gasteiger partial charge in [0.1, 0.15) is 5.69 Å². The summed E-state index contributed by atoms with van der Waals surface area (Å²) in [6, 6.07) is 14.9. The van der Waals surface area contributed by atoms with E-state index in [0.717, 1.165) is 27.9 Å². The van der Waals surface area contributed by atoms with Gasteiger partial charge in [0.25, 0.3) is 0 Å². The number of anilines is 1. The van der Waals surface area contributed by atoms with Crippen LogP contribution >= 0.6 is 23.2 Å². The summed E-state index contributed by atoms with van der Waals surface area (Å²) in [5.74, 6) is -0.529. The van der Waals surface area contributed by atoms with Crippen molar-refractivity contribution < 1.29 is 14.0 Å². The van der Waals surface area contributed by atoms with Gasteiger partial charge in [0.05, 0.1) is 21.8 Å². The average molecular weight is 561 g/mol. The Morgan fingerprint density at radius 2 is 1.64 bits per heavy atom. The molecule has 0 saturated carbocycles. The van der Waals surface area contributed by atoms with Crippen LogP contribution in [0.15, 0.2) is 59.1 Å². The van der Waals surface area contributed by atoms with Gasteiger partial charge in [0.15, 0.2) is 5.76 Å². The van der Waals surface area contributed by atoms with Crippen molar-refractivity contribution in [2.45, 2.75) is 34.6 Å². The highest BCUT2D eigenvalue weighted by atomic mass is 35.5. The van der Waals surface area contributed by atoms with Crippen LogP contribution in [-0.2, 0) is 4.79 Å². The van der Waals surface area contributed by atoms with Gasteiger partial charge < -0.3 is 9.73 Å². The predicted molar refractivity (Wildman–Crippen MR) is 155 cm³/mol. The lowest BCUT2D eigenvalue weighted by Gasteiger charge is -2.15. The molecule has 0 unspecified atom stereocenters. The Bertz CT molecular complexity index is 1740. The van der Waals surface area contributed by atoms with Gasteiger partial charge in [0, 0.05) is 40.2 Å². The minimum atomic E-state index is -0.743. The maximum Gasteiger partial charge on any atom is 0.229 e. The van der Waals surface area contributed by atoms with Crippen molar-refractivity contribution in [3.63, 3.8) is 0 Å². The number of furan rings is 1. The van der Waals surface area contributed by atoms with Crippen LogP contribution in [0.2, 0.25) is 10.0 Å². The van der Waals surface area contributed by atoms with E-state index in [0.29, 0.717) is 32.4 Å². The molecule has 0 atom stereocenters. The van der Waals surface area contributed by atoms with Gasteiger partial charge in [-0.05, 0) is 42.3 Å². The Morgan fingerprint density at radius 1 is 0.949 bits per heavy atom. The lowest BCUT2D eigenvalue weighted by Crippen LogP contribution is -2.21. The van der Waals surface area contributed by atoms with Gasteiger partial charge in [-0.25, -0.2) is 4.98 Å². The molecule has 198 valence electrons. The molecule has 0 saturated heterocycles. The van der Waals surface area contributed by atoms with E-state index in [1.54, 1.807) is 32.9 Å². The third-order valence-electron chi connectivity index (χ3n) is 6.39. The number of aryl methyl sites for hydroxylation is 1. The van der Waals surface area contributed by atoms with Gasteiger partial charge in [-0.2, -0.15) is 5.10 Å². The molecule has 1 amide bonds. The number of H-pyrrole nitrogens is 1. The summed E-state index contributed by atoms with van der Waals surface area (Å²) in [4.78, 5) is 30.3. The van der Waals surface area contributed by atoms with Crippen molar-refractivity contribution in [1.29, 1.82) is 0 Å². The van der Waals surface area contributed by atoms with E-state index in [4.69, 9.17) is 32.6 Å². The van der Waals surface area contributed by atoms with Crippen LogP contribution in [0.4, 0.5) is 5.69 Å². The summed E-state index contributed by atoms with van der Waals surface area (Å²) in [6.45, 7) is 8.68. The first kappa shape index (κ1) is 26.7. The Balaban J connectivity index is 1.78. The minimum Gasteiger partial charge on any atom is -0.432 e. The smallest absolute Gasteiger partial charge is 0.229 e. The van der Waals surface area contributed by atoms with E-state index in [2.05, 4.69) is 15.5 Å². The number of aromatic nitrogens is 3. The van der Waals surface area contributed by atoms with Gasteiger partial charge in [-0.3, -0.25) is 14.7 Å². The molecule has 5 aromatic rings. The fourth-order valence-corrected chi connectivity index (χ4v) is 4.80. The quantitative estimate of drug-likeness (QED) is 0.210. The topological polar surface area (TPSA) is 101 Å². The highest BCUT2D eigenvalue weighted by Gasteiger charge is 2.32. The van der Waals surface area contributed by atoms with Crippen molar-refractivity contribution in [1.82, 2.24) is 15.2 Å². The fraction of sp³-hybridized carbons (Fsp3) is 0.200. The van der Waals surface area contributed by atoms with Gasteiger partial charge in [-0.1, -0.05) is 68.2 Å². The maximum absolute atomic E-state index is 13.3. The number of carbonyl (C=O) groups excluding carboxylic acids is 2. The molecule has 2 aromatic carbocycles. The van der Waals surface area contributed by atoms with Crippen LogP contribution in [0.3, 0.4) is 0 Å². The Morgan fingerprint density at radius 3 is 2.23 bits per heavy atom. The van der Waals surface area contributed by atoms with Crippen LogP contribution < -0.4 is 5.32 Å². The zero-order valence-electron chi connectivity index (χ0n) is 22.1. The van der Waals surface area contributed by atoms with E-state index in [-0.39, 0.29) is 23.2 Å². The number of aromatic amines is 1. The van der Waals surface area contributed by atoms with Gasteiger partial charge in [-0.15, -0.1) is 0 Å². The van der Waals surface area contributed by atoms with E-state index < -0.39 is 5.41 Å². The Hall–Kier alpha value is -3.94. The zero-order valence-corrected chi connectivity index (χ0v) is 23.6. The number of carbonyl (C=O) groups is 2. The molecule has 0 radical (unpaired) electrons. The molecule has 7 nitrogen and oxygen atoms in total. The number of Topliss-reactive ketones (excluding diaryl/α,β-unsaturated/α-hetero) is 1. The molecule has 0 fully saturated rings. The Labute approximate surface area is 235 Å². The van der Waals surface area contributed by atoms with Crippen LogP contribution in [0.25, 0.3) is 44.6 Å². The van der Waals surface area contributed by atoms with Crippen molar-refractivity contribution in [2.24, 2.45) is 5.41 Å². The largest absolute Gasteiger partial charge is 0.432 e. The third-order valence-corrected chi connectivity index (χ3v) is 6.96. The number of nitrogens with zero attached hydrogens (tertiary/aromatic N) is 2. The molecular formula is C30H26Cl2N4O3. The molecule has 3 aromatic heterocycles. The second-order valence-corrected chi connectivity index (χ2v) is 11.2. The number of amides is 1. The summed E-state index contributed by atoms with van der Waals surface area (Å²) in [5.41, 5.74) is 5.27. The number of pyridine rings is 1. The molecule has 3 heterocycles. The summed E-state index contributed by atoms with van der Waals surface area (Å²) >= 11 is 13.0. The van der Waals surface area contributed by atoms with Crippen molar-refractivity contribution in [2.75, 3.05) is 5.32 Å². The van der Waals surface area contributed by atoms with Crippen LogP contribution in [0.1, 0.15) is 43.9 Å². The number of rotatable bonds is 5. The second-order valence-electron chi connectivity index (χ2n) is 10.4. The van der Waals surface area contributed by atoms with E-state index in [1.165, 1.54) is 6.92 Å². The second kappa shape index (κ2) is 9.98. The first-order valence-corrected chi connectivity index (χ1v) is 13.1. The number of halogens is 2. The van der Waals surface area contributed by atoms with Crippen LogP contribution in [0, 0.1) is 12.3 Å².